The molecule has 0 unspecified atom stereocenters. The topological polar surface area (TPSA) is 118 Å². The van der Waals surface area contributed by atoms with Crippen LogP contribution >= 0.6 is 11.6 Å². The number of nitrogens with one attached hydrogen (secondary N) is 2. The maximum atomic E-state index is 12.4. The lowest BCUT2D eigenvalue weighted by molar-refractivity contribution is 0.115. The fourth-order valence-corrected chi connectivity index (χ4v) is 4.16. The SMILES string of the molecule is Cn1nc(-c2cnc3[nH]cc(OC(=O)N[C@H]4CC[C@@H](O)CC4)c3n2)c2ccc(Cl)cc21. The van der Waals surface area contributed by atoms with Crippen molar-refractivity contribution in [2.24, 2.45) is 7.05 Å². The molecule has 10 heteroatoms. The molecule has 1 saturated carbocycles. The van der Waals surface area contributed by atoms with Gasteiger partial charge in [0.25, 0.3) is 0 Å². The Morgan fingerprint density at radius 2 is 2.13 bits per heavy atom. The Kier molecular flexibility index (Phi) is 4.99. The molecule has 31 heavy (non-hydrogen) atoms. The summed E-state index contributed by atoms with van der Waals surface area (Å²) in [5.74, 6) is 0.293. The highest BCUT2D eigenvalue weighted by molar-refractivity contribution is 6.31. The van der Waals surface area contributed by atoms with Crippen molar-refractivity contribution in [2.45, 2.75) is 37.8 Å². The fraction of sp³-hybridized carbons (Fsp3) is 0.333. The second-order valence-electron chi connectivity index (χ2n) is 7.78. The number of aliphatic hydroxyl groups excluding tert-OH is 1. The van der Waals surface area contributed by atoms with E-state index in [0.29, 0.717) is 46.2 Å². The molecule has 5 rings (SSSR count). The Balaban J connectivity index is 1.42. The normalized spacial score (nSPS) is 19.1. The van der Waals surface area contributed by atoms with Gasteiger partial charge in [-0.2, -0.15) is 5.10 Å². The molecule has 1 fully saturated rings. The van der Waals surface area contributed by atoms with Gasteiger partial charge in [0, 0.05) is 29.7 Å². The molecule has 1 aromatic carbocycles. The number of H-pyrrole nitrogens is 1. The molecular weight excluding hydrogens is 420 g/mol. The van der Waals surface area contributed by atoms with Gasteiger partial charge in [-0.05, 0) is 43.9 Å². The summed E-state index contributed by atoms with van der Waals surface area (Å²) in [4.78, 5) is 24.4. The third-order valence-electron chi connectivity index (χ3n) is 5.62. The van der Waals surface area contributed by atoms with Crippen molar-refractivity contribution in [2.75, 3.05) is 0 Å². The zero-order chi connectivity index (χ0) is 21.5. The number of amides is 1. The number of ether oxygens (including phenoxy) is 1. The van der Waals surface area contributed by atoms with Crippen molar-refractivity contribution < 1.29 is 14.6 Å². The number of aromatic nitrogens is 5. The summed E-state index contributed by atoms with van der Waals surface area (Å²) in [6.45, 7) is 0. The number of hydrogen-bond donors (Lipinski definition) is 3. The van der Waals surface area contributed by atoms with Crippen molar-refractivity contribution >= 4 is 39.8 Å². The van der Waals surface area contributed by atoms with Gasteiger partial charge < -0.3 is 20.1 Å². The molecule has 0 radical (unpaired) electrons. The minimum atomic E-state index is -0.549. The van der Waals surface area contributed by atoms with Crippen molar-refractivity contribution in [3.8, 4) is 17.1 Å². The number of aryl methyl sites for hydroxylation is 1. The summed E-state index contributed by atoms with van der Waals surface area (Å²) in [7, 11) is 1.84. The Morgan fingerprint density at radius 1 is 1.32 bits per heavy atom. The number of aliphatic hydroxyl groups is 1. The maximum Gasteiger partial charge on any atom is 0.412 e. The molecule has 0 saturated heterocycles. The van der Waals surface area contributed by atoms with Crippen LogP contribution in [-0.4, -0.2) is 48.1 Å². The fourth-order valence-electron chi connectivity index (χ4n) is 4.00. The van der Waals surface area contributed by atoms with Gasteiger partial charge in [0.15, 0.2) is 16.9 Å². The van der Waals surface area contributed by atoms with Crippen LogP contribution in [0, 0.1) is 0 Å². The van der Waals surface area contributed by atoms with Gasteiger partial charge in [0.1, 0.15) is 11.4 Å². The average molecular weight is 441 g/mol. The van der Waals surface area contributed by atoms with Gasteiger partial charge in [-0.25, -0.2) is 14.8 Å². The molecule has 1 aliphatic rings. The van der Waals surface area contributed by atoms with E-state index < -0.39 is 6.09 Å². The molecule has 3 heterocycles. The zero-order valence-electron chi connectivity index (χ0n) is 16.8. The van der Waals surface area contributed by atoms with Crippen LogP contribution in [0.15, 0.2) is 30.6 Å². The van der Waals surface area contributed by atoms with Crippen LogP contribution in [0.1, 0.15) is 25.7 Å². The van der Waals surface area contributed by atoms with Gasteiger partial charge in [-0.15, -0.1) is 0 Å². The van der Waals surface area contributed by atoms with Crippen LogP contribution in [0.4, 0.5) is 4.79 Å². The van der Waals surface area contributed by atoms with E-state index in [4.69, 9.17) is 16.3 Å². The van der Waals surface area contributed by atoms with Crippen LogP contribution in [0.2, 0.25) is 5.02 Å². The van der Waals surface area contributed by atoms with Crippen molar-refractivity contribution in [3.63, 3.8) is 0 Å². The number of fused-ring (bicyclic) bond motifs is 2. The molecule has 1 aliphatic carbocycles. The van der Waals surface area contributed by atoms with Gasteiger partial charge in [-0.3, -0.25) is 4.68 Å². The standard InChI is InChI=1S/C21H21ClN6O3/c1-28-16-8-11(22)2-7-14(16)18(27-28)15-9-23-20-19(26-15)17(10-24-20)31-21(30)25-12-3-5-13(29)6-4-12/h2,7-10,12-13,29H,3-6H2,1H3,(H,23,24)(H,25,30)/t12-,13+. The monoisotopic (exact) mass is 440 g/mol. The molecule has 1 amide bonds. The predicted octanol–water partition coefficient (Wildman–Crippen LogP) is 3.56. The van der Waals surface area contributed by atoms with E-state index in [1.165, 1.54) is 0 Å². The second-order valence-corrected chi connectivity index (χ2v) is 8.21. The number of benzene rings is 1. The first-order valence-electron chi connectivity index (χ1n) is 10.1. The first kappa shape index (κ1) is 19.8. The minimum absolute atomic E-state index is 0.00513. The number of aromatic amines is 1. The molecule has 0 aliphatic heterocycles. The van der Waals surface area contributed by atoms with E-state index in [-0.39, 0.29) is 12.1 Å². The van der Waals surface area contributed by atoms with E-state index in [0.717, 1.165) is 23.7 Å². The van der Waals surface area contributed by atoms with E-state index in [2.05, 4.69) is 25.4 Å². The third kappa shape index (κ3) is 3.82. The van der Waals surface area contributed by atoms with Crippen LogP contribution in [-0.2, 0) is 7.05 Å². The molecule has 3 N–H and O–H groups in total. The summed E-state index contributed by atoms with van der Waals surface area (Å²) in [6, 6.07) is 5.54. The average Bonchev–Trinajstić information content (AvgIpc) is 3.30. The van der Waals surface area contributed by atoms with Crippen LogP contribution in [0.3, 0.4) is 0 Å². The summed E-state index contributed by atoms with van der Waals surface area (Å²) in [5, 5.41) is 18.6. The van der Waals surface area contributed by atoms with Gasteiger partial charge in [0.05, 0.1) is 17.8 Å². The van der Waals surface area contributed by atoms with Crippen LogP contribution in [0.25, 0.3) is 33.5 Å². The Morgan fingerprint density at radius 3 is 2.94 bits per heavy atom. The van der Waals surface area contributed by atoms with Crippen molar-refractivity contribution in [1.29, 1.82) is 0 Å². The van der Waals surface area contributed by atoms with Gasteiger partial charge in [0.2, 0.25) is 0 Å². The molecule has 0 spiro atoms. The smallest absolute Gasteiger partial charge is 0.406 e. The summed E-state index contributed by atoms with van der Waals surface area (Å²) in [6.07, 6.45) is 5.17. The highest BCUT2D eigenvalue weighted by Gasteiger charge is 2.22. The maximum absolute atomic E-state index is 12.4. The van der Waals surface area contributed by atoms with E-state index >= 15 is 0 Å². The van der Waals surface area contributed by atoms with Crippen molar-refractivity contribution in [1.82, 2.24) is 30.0 Å². The largest absolute Gasteiger partial charge is 0.412 e. The lowest BCUT2D eigenvalue weighted by atomic mass is 9.93. The van der Waals surface area contributed by atoms with E-state index in [9.17, 15) is 9.90 Å². The first-order chi connectivity index (χ1) is 15.0. The third-order valence-corrected chi connectivity index (χ3v) is 5.86. The highest BCUT2D eigenvalue weighted by Crippen LogP contribution is 2.30. The molecule has 0 bridgehead atoms. The van der Waals surface area contributed by atoms with Crippen LogP contribution in [0.5, 0.6) is 5.75 Å². The number of carbonyl (C=O) groups excluding carboxylic acids is 1. The number of carbonyl (C=O) groups is 1. The zero-order valence-corrected chi connectivity index (χ0v) is 17.6. The lowest BCUT2D eigenvalue weighted by Gasteiger charge is -2.25. The Bertz CT molecular complexity index is 1280. The highest BCUT2D eigenvalue weighted by atomic mass is 35.5. The summed E-state index contributed by atoms with van der Waals surface area (Å²) in [5.41, 5.74) is 3.06. The lowest BCUT2D eigenvalue weighted by Crippen LogP contribution is -2.40. The quantitative estimate of drug-likeness (QED) is 0.448. The second kappa shape index (κ2) is 7.82. The summed E-state index contributed by atoms with van der Waals surface area (Å²) >= 11 is 6.12. The number of hydrogen-bond acceptors (Lipinski definition) is 6. The molecule has 3 aromatic heterocycles. The molecule has 160 valence electrons. The van der Waals surface area contributed by atoms with Gasteiger partial charge in [-0.1, -0.05) is 11.6 Å². The van der Waals surface area contributed by atoms with Gasteiger partial charge >= 0.3 is 6.09 Å². The number of nitrogens with zero attached hydrogens (tertiary/aromatic N) is 4. The predicted molar refractivity (Wildman–Crippen MR) is 116 cm³/mol. The molecule has 9 nitrogen and oxygen atoms in total. The Labute approximate surface area is 182 Å². The van der Waals surface area contributed by atoms with Crippen LogP contribution < -0.4 is 10.1 Å². The first-order valence-corrected chi connectivity index (χ1v) is 10.5. The van der Waals surface area contributed by atoms with E-state index in [1.807, 2.05) is 19.2 Å². The minimum Gasteiger partial charge on any atom is -0.406 e. The number of rotatable bonds is 3. The summed E-state index contributed by atoms with van der Waals surface area (Å²) < 4.78 is 7.25. The molecular formula is C21H21ClN6O3. The number of halogens is 1. The van der Waals surface area contributed by atoms with E-state index in [1.54, 1.807) is 23.1 Å². The molecule has 4 aromatic rings. The Hall–Kier alpha value is -3.17. The van der Waals surface area contributed by atoms with Crippen molar-refractivity contribution in [3.05, 3.63) is 35.6 Å². The molecule has 0 atom stereocenters.